The van der Waals surface area contributed by atoms with Crippen molar-refractivity contribution in [1.82, 2.24) is 0 Å². The Morgan fingerprint density at radius 1 is 0.958 bits per heavy atom. The highest BCUT2D eigenvalue weighted by Crippen LogP contribution is 2.19. The van der Waals surface area contributed by atoms with E-state index < -0.39 is 17.9 Å². The number of rotatable bonds is 3. The molecule has 0 unspecified atom stereocenters. The van der Waals surface area contributed by atoms with E-state index in [-0.39, 0.29) is 22.6 Å². The predicted molar refractivity (Wildman–Crippen MR) is 84.2 cm³/mol. The van der Waals surface area contributed by atoms with E-state index in [0.717, 1.165) is 0 Å². The van der Waals surface area contributed by atoms with Crippen LogP contribution in [0.25, 0.3) is 0 Å². The highest BCUT2D eigenvalue weighted by Gasteiger charge is 2.11. The van der Waals surface area contributed by atoms with E-state index in [4.69, 9.17) is 21.1 Å². The van der Waals surface area contributed by atoms with E-state index in [1.807, 2.05) is 0 Å². The lowest BCUT2D eigenvalue weighted by Crippen LogP contribution is -2.06. The van der Waals surface area contributed by atoms with Crippen molar-refractivity contribution in [1.29, 1.82) is 0 Å². The van der Waals surface area contributed by atoms with Crippen LogP contribution in [0.5, 0.6) is 11.5 Å². The second-order valence-electron chi connectivity index (χ2n) is 4.48. The van der Waals surface area contributed by atoms with Gasteiger partial charge in [0.25, 0.3) is 0 Å². The van der Waals surface area contributed by atoms with Crippen LogP contribution in [-0.2, 0) is 4.79 Å². The lowest BCUT2D eigenvalue weighted by molar-refractivity contribution is -0.131. The Labute approximate surface area is 136 Å². The zero-order valence-corrected chi connectivity index (χ0v) is 12.6. The van der Waals surface area contributed by atoms with Crippen LogP contribution in [0.1, 0.15) is 27.6 Å². The average Bonchev–Trinajstić information content (AvgIpc) is 2.47. The zero-order chi connectivity index (χ0) is 18.3. The molecule has 8 heteroatoms. The van der Waals surface area contributed by atoms with Gasteiger partial charge in [0, 0.05) is 18.7 Å². The largest absolute Gasteiger partial charge is 0.507 e. The Bertz CT molecular complexity index is 771. The third-order valence-corrected chi connectivity index (χ3v) is 2.62. The summed E-state index contributed by atoms with van der Waals surface area (Å²) >= 11 is 0. The molecule has 0 fully saturated rings. The van der Waals surface area contributed by atoms with Gasteiger partial charge in [0.2, 0.25) is 0 Å². The minimum atomic E-state index is -1.16. The number of esters is 1. The number of aromatic carboxylic acids is 2. The molecule has 0 aromatic heterocycles. The van der Waals surface area contributed by atoms with Gasteiger partial charge in [-0.05, 0) is 24.3 Å². The van der Waals surface area contributed by atoms with E-state index in [9.17, 15) is 14.4 Å². The predicted octanol–water partition coefficient (Wildman–Crippen LogP) is 1.98. The van der Waals surface area contributed by atoms with E-state index in [1.165, 1.54) is 37.3 Å². The topological polar surface area (TPSA) is 147 Å². The number of hydrogen-bond donors (Lipinski definition) is 4. The number of nitrogen functional groups attached to an aromatic ring is 1. The molecule has 0 aliphatic rings. The smallest absolute Gasteiger partial charge is 0.339 e. The SMILES string of the molecule is CC(=O)Oc1ccccc1C(=O)O.Nc1ccc(C(=O)O)c(O)c1. The van der Waals surface area contributed by atoms with Crippen molar-refractivity contribution < 1.29 is 34.4 Å². The second-order valence-corrected chi connectivity index (χ2v) is 4.48. The molecule has 0 saturated heterocycles. The summed E-state index contributed by atoms with van der Waals surface area (Å²) in [6.07, 6.45) is 0. The second kappa shape index (κ2) is 8.18. The van der Waals surface area contributed by atoms with Gasteiger partial charge in [0.1, 0.15) is 22.6 Å². The number of para-hydroxylation sites is 1. The maximum absolute atomic E-state index is 10.6. The molecule has 5 N–H and O–H groups in total. The first-order valence-corrected chi connectivity index (χ1v) is 6.55. The Kier molecular flexibility index (Phi) is 6.30. The number of carboxylic acids is 2. The molecule has 2 aromatic rings. The standard InChI is InChI=1S/C9H8O4.C7H7NO3/c1-6(10)13-8-5-3-2-4-7(8)9(11)12;8-4-1-2-5(7(10)11)6(9)3-4/h2-5H,1H3,(H,11,12);1-3,9H,8H2,(H,10,11). The number of carbonyl (C=O) groups is 3. The van der Waals surface area contributed by atoms with Crippen LogP contribution in [0.2, 0.25) is 0 Å². The molecule has 0 aliphatic carbocycles. The van der Waals surface area contributed by atoms with Gasteiger partial charge in [-0.25, -0.2) is 9.59 Å². The Balaban J connectivity index is 0.000000243. The molecule has 2 rings (SSSR count). The van der Waals surface area contributed by atoms with Crippen molar-refractivity contribution in [2.45, 2.75) is 6.92 Å². The lowest BCUT2D eigenvalue weighted by atomic mass is 10.2. The highest BCUT2D eigenvalue weighted by molar-refractivity contribution is 5.92. The van der Waals surface area contributed by atoms with Crippen LogP contribution in [0, 0.1) is 0 Å². The number of carbonyl (C=O) groups excluding carboxylic acids is 1. The van der Waals surface area contributed by atoms with Crippen molar-refractivity contribution in [2.24, 2.45) is 0 Å². The third-order valence-electron chi connectivity index (χ3n) is 2.62. The van der Waals surface area contributed by atoms with Gasteiger partial charge in [0.15, 0.2) is 0 Å². The van der Waals surface area contributed by atoms with Gasteiger partial charge >= 0.3 is 17.9 Å². The van der Waals surface area contributed by atoms with Crippen LogP contribution in [0.3, 0.4) is 0 Å². The maximum atomic E-state index is 10.6. The summed E-state index contributed by atoms with van der Waals surface area (Å²) in [7, 11) is 0. The van der Waals surface area contributed by atoms with Gasteiger partial charge in [-0.15, -0.1) is 0 Å². The third kappa shape index (κ3) is 5.34. The van der Waals surface area contributed by atoms with E-state index in [1.54, 1.807) is 12.1 Å². The van der Waals surface area contributed by atoms with E-state index in [0.29, 0.717) is 5.69 Å². The normalized spacial score (nSPS) is 9.38. The minimum absolute atomic E-state index is 0.0160. The summed E-state index contributed by atoms with van der Waals surface area (Å²) in [5.74, 6) is -3.05. The molecule has 8 nitrogen and oxygen atoms in total. The first-order chi connectivity index (χ1) is 11.2. The van der Waals surface area contributed by atoms with Crippen molar-refractivity contribution in [3.63, 3.8) is 0 Å². The Hall–Kier alpha value is -3.55. The summed E-state index contributed by atoms with van der Waals surface area (Å²) < 4.78 is 4.69. The first-order valence-electron chi connectivity index (χ1n) is 6.55. The molecular formula is C16H15NO7. The molecule has 24 heavy (non-hydrogen) atoms. The van der Waals surface area contributed by atoms with Gasteiger partial charge in [-0.1, -0.05) is 12.1 Å². The minimum Gasteiger partial charge on any atom is -0.507 e. The highest BCUT2D eigenvalue weighted by atomic mass is 16.5. The summed E-state index contributed by atoms with van der Waals surface area (Å²) in [5.41, 5.74) is 5.46. The molecule has 0 spiro atoms. The number of ether oxygens (including phenoxy) is 1. The molecule has 0 bridgehead atoms. The van der Waals surface area contributed by atoms with Gasteiger partial charge < -0.3 is 25.8 Å². The molecule has 0 atom stereocenters. The number of nitrogens with two attached hydrogens (primary N) is 1. The van der Waals surface area contributed by atoms with Crippen LogP contribution >= 0.6 is 0 Å². The number of benzene rings is 2. The fourth-order valence-electron chi connectivity index (χ4n) is 1.62. The summed E-state index contributed by atoms with van der Waals surface area (Å²) in [6.45, 7) is 1.22. The monoisotopic (exact) mass is 333 g/mol. The van der Waals surface area contributed by atoms with Crippen LogP contribution in [0.4, 0.5) is 5.69 Å². The zero-order valence-electron chi connectivity index (χ0n) is 12.6. The number of phenols is 1. The molecular weight excluding hydrogens is 318 g/mol. The molecule has 0 heterocycles. The van der Waals surface area contributed by atoms with E-state index >= 15 is 0 Å². The lowest BCUT2D eigenvalue weighted by Gasteiger charge is -2.03. The van der Waals surface area contributed by atoms with Crippen molar-refractivity contribution in [3.05, 3.63) is 53.6 Å². The van der Waals surface area contributed by atoms with Crippen molar-refractivity contribution >= 4 is 23.6 Å². The van der Waals surface area contributed by atoms with Gasteiger partial charge in [-0.3, -0.25) is 4.79 Å². The maximum Gasteiger partial charge on any atom is 0.339 e. The van der Waals surface area contributed by atoms with Gasteiger partial charge in [0.05, 0.1) is 0 Å². The number of hydrogen-bond acceptors (Lipinski definition) is 6. The molecule has 0 aliphatic heterocycles. The molecule has 0 amide bonds. The van der Waals surface area contributed by atoms with Crippen LogP contribution < -0.4 is 10.5 Å². The molecule has 2 aromatic carbocycles. The Morgan fingerprint density at radius 2 is 1.54 bits per heavy atom. The number of aromatic hydroxyl groups is 1. The summed E-state index contributed by atoms with van der Waals surface area (Å²) in [4.78, 5) is 31.5. The fraction of sp³-hybridized carbons (Fsp3) is 0.0625. The summed E-state index contributed by atoms with van der Waals surface area (Å²) in [5, 5.41) is 26.1. The van der Waals surface area contributed by atoms with Crippen molar-refractivity contribution in [2.75, 3.05) is 5.73 Å². The average molecular weight is 333 g/mol. The first kappa shape index (κ1) is 18.5. The number of anilines is 1. The van der Waals surface area contributed by atoms with Crippen molar-refractivity contribution in [3.8, 4) is 11.5 Å². The molecule has 0 radical (unpaired) electrons. The Morgan fingerprint density at radius 3 is 2.04 bits per heavy atom. The van der Waals surface area contributed by atoms with Crippen LogP contribution in [0.15, 0.2) is 42.5 Å². The summed E-state index contributed by atoms with van der Waals surface area (Å²) in [6, 6.07) is 9.85. The van der Waals surface area contributed by atoms with Gasteiger partial charge in [-0.2, -0.15) is 0 Å². The van der Waals surface area contributed by atoms with E-state index in [2.05, 4.69) is 4.74 Å². The van der Waals surface area contributed by atoms with Crippen LogP contribution in [-0.4, -0.2) is 33.2 Å². The fourth-order valence-corrected chi connectivity index (χ4v) is 1.62. The molecule has 0 saturated carbocycles. The molecule has 126 valence electrons. The number of carboxylic acid groups (broad SMARTS) is 2. The quantitative estimate of drug-likeness (QED) is 0.379.